The summed E-state index contributed by atoms with van der Waals surface area (Å²) in [6, 6.07) is 8.27. The van der Waals surface area contributed by atoms with Crippen molar-refractivity contribution in [3.63, 3.8) is 0 Å². The summed E-state index contributed by atoms with van der Waals surface area (Å²) in [7, 11) is 1.65. The van der Waals surface area contributed by atoms with E-state index in [1.165, 1.54) is 16.9 Å². The van der Waals surface area contributed by atoms with Crippen LogP contribution in [0.4, 0.5) is 14.5 Å². The number of halogens is 2. The summed E-state index contributed by atoms with van der Waals surface area (Å²) in [5, 5.41) is 9.58. The molecule has 0 spiro atoms. The fraction of sp³-hybridized carbons (Fsp3) is 0.300. The van der Waals surface area contributed by atoms with E-state index < -0.39 is 18.0 Å². The lowest BCUT2D eigenvalue weighted by Gasteiger charge is -2.24. The van der Waals surface area contributed by atoms with E-state index in [1.54, 1.807) is 25.2 Å². The number of anilines is 1. The molecule has 3 heterocycles. The minimum absolute atomic E-state index is 0.00665. The quantitative estimate of drug-likeness (QED) is 0.703. The highest BCUT2D eigenvalue weighted by atomic mass is 19.3. The van der Waals surface area contributed by atoms with E-state index in [0.29, 0.717) is 23.1 Å². The Hall–Kier alpha value is -3.36. The number of alkyl halides is 2. The Morgan fingerprint density at radius 3 is 2.93 bits per heavy atom. The van der Waals surface area contributed by atoms with Crippen molar-refractivity contribution in [2.45, 2.75) is 31.7 Å². The first-order valence-electron chi connectivity index (χ1n) is 9.24. The number of hydrogen-bond donors (Lipinski definition) is 2. The van der Waals surface area contributed by atoms with Gasteiger partial charge in [0, 0.05) is 19.2 Å². The summed E-state index contributed by atoms with van der Waals surface area (Å²) in [5.41, 5.74) is 1.31. The van der Waals surface area contributed by atoms with Crippen LogP contribution in [0.15, 0.2) is 36.5 Å². The lowest BCUT2D eigenvalue weighted by atomic mass is 9.97. The third-order valence-corrected chi connectivity index (χ3v) is 4.99. The molecule has 7 nitrogen and oxygen atoms in total. The third kappa shape index (κ3) is 3.80. The molecular weight excluding hydrogens is 380 g/mol. The highest BCUT2D eigenvalue weighted by Crippen LogP contribution is 2.28. The van der Waals surface area contributed by atoms with E-state index in [-0.39, 0.29) is 17.5 Å². The van der Waals surface area contributed by atoms with Crippen molar-refractivity contribution in [3.8, 4) is 0 Å². The van der Waals surface area contributed by atoms with Crippen molar-refractivity contribution in [2.24, 2.45) is 7.05 Å². The molecule has 9 heteroatoms. The molecule has 1 aromatic carbocycles. The van der Waals surface area contributed by atoms with Crippen LogP contribution in [-0.2, 0) is 11.8 Å². The van der Waals surface area contributed by atoms with Crippen LogP contribution in [0.3, 0.4) is 0 Å². The molecule has 1 unspecified atom stereocenters. The van der Waals surface area contributed by atoms with Crippen molar-refractivity contribution in [2.75, 3.05) is 5.32 Å². The largest absolute Gasteiger partial charge is 0.349 e. The molecule has 1 fully saturated rings. The SMILES string of the molecule is Cn1ncc2nc(C(F)F)c(C(=O)Nc3cccc(C4CCCC(=O)N4)c3)cc21. The molecule has 0 aliphatic carbocycles. The van der Waals surface area contributed by atoms with Gasteiger partial charge in [0.2, 0.25) is 5.91 Å². The number of carbonyl (C=O) groups is 2. The van der Waals surface area contributed by atoms with E-state index >= 15 is 0 Å². The van der Waals surface area contributed by atoms with Gasteiger partial charge in [0.05, 0.1) is 23.3 Å². The number of hydrogen-bond acceptors (Lipinski definition) is 4. The number of aromatic nitrogens is 3. The lowest BCUT2D eigenvalue weighted by Crippen LogP contribution is -2.32. The highest BCUT2D eigenvalue weighted by Gasteiger charge is 2.23. The zero-order valence-electron chi connectivity index (χ0n) is 15.7. The second kappa shape index (κ2) is 7.57. The van der Waals surface area contributed by atoms with E-state index in [2.05, 4.69) is 20.7 Å². The Kier molecular flexibility index (Phi) is 4.96. The van der Waals surface area contributed by atoms with Gasteiger partial charge in [-0.2, -0.15) is 5.10 Å². The summed E-state index contributed by atoms with van der Waals surface area (Å²) in [4.78, 5) is 28.3. The number of piperidine rings is 1. The molecule has 1 saturated heterocycles. The Labute approximate surface area is 165 Å². The van der Waals surface area contributed by atoms with Crippen LogP contribution in [0.1, 0.15) is 53.3 Å². The molecular formula is C20H19F2N5O2. The van der Waals surface area contributed by atoms with Crippen LogP contribution >= 0.6 is 0 Å². The number of aryl methyl sites for hydroxylation is 1. The van der Waals surface area contributed by atoms with Crippen molar-refractivity contribution < 1.29 is 18.4 Å². The number of benzene rings is 1. The zero-order chi connectivity index (χ0) is 20.5. The fourth-order valence-electron chi connectivity index (χ4n) is 3.52. The molecule has 3 aromatic rings. The molecule has 2 amide bonds. The van der Waals surface area contributed by atoms with Crippen LogP contribution in [0.2, 0.25) is 0 Å². The third-order valence-electron chi connectivity index (χ3n) is 4.99. The number of amides is 2. The smallest absolute Gasteiger partial charge is 0.281 e. The predicted octanol–water partition coefficient (Wildman–Crippen LogP) is 3.50. The first kappa shape index (κ1) is 19.0. The fourth-order valence-corrected chi connectivity index (χ4v) is 3.52. The number of nitrogens with one attached hydrogen (secondary N) is 2. The summed E-state index contributed by atoms with van der Waals surface area (Å²) in [5.74, 6) is -0.687. The van der Waals surface area contributed by atoms with Crippen LogP contribution in [0.25, 0.3) is 11.0 Å². The van der Waals surface area contributed by atoms with E-state index in [4.69, 9.17) is 0 Å². The molecule has 0 radical (unpaired) electrons. The lowest BCUT2D eigenvalue weighted by molar-refractivity contribution is -0.123. The predicted molar refractivity (Wildman–Crippen MR) is 103 cm³/mol. The molecule has 0 saturated carbocycles. The second-order valence-electron chi connectivity index (χ2n) is 6.99. The molecule has 29 heavy (non-hydrogen) atoms. The van der Waals surface area contributed by atoms with Crippen LogP contribution < -0.4 is 10.6 Å². The Morgan fingerprint density at radius 2 is 2.17 bits per heavy atom. The van der Waals surface area contributed by atoms with Crippen LogP contribution in [0, 0.1) is 0 Å². The maximum atomic E-state index is 13.5. The van der Waals surface area contributed by atoms with Gasteiger partial charge in [-0.1, -0.05) is 12.1 Å². The van der Waals surface area contributed by atoms with Gasteiger partial charge in [-0.05, 0) is 36.6 Å². The van der Waals surface area contributed by atoms with Gasteiger partial charge >= 0.3 is 0 Å². The average molecular weight is 399 g/mol. The van der Waals surface area contributed by atoms with Crippen molar-refractivity contribution in [1.29, 1.82) is 0 Å². The Morgan fingerprint density at radius 1 is 1.34 bits per heavy atom. The van der Waals surface area contributed by atoms with Crippen molar-refractivity contribution in [3.05, 3.63) is 53.3 Å². The molecule has 1 atom stereocenters. The number of rotatable bonds is 4. The van der Waals surface area contributed by atoms with Crippen molar-refractivity contribution >= 4 is 28.5 Å². The second-order valence-corrected chi connectivity index (χ2v) is 6.99. The summed E-state index contributed by atoms with van der Waals surface area (Å²) < 4.78 is 28.5. The minimum Gasteiger partial charge on any atom is -0.349 e. The van der Waals surface area contributed by atoms with Crippen LogP contribution in [0.5, 0.6) is 0 Å². The van der Waals surface area contributed by atoms with Gasteiger partial charge in [0.15, 0.2) is 0 Å². The van der Waals surface area contributed by atoms with Gasteiger partial charge in [0.25, 0.3) is 12.3 Å². The maximum absolute atomic E-state index is 13.5. The van der Waals surface area contributed by atoms with Gasteiger partial charge in [0.1, 0.15) is 11.2 Å². The molecule has 2 N–H and O–H groups in total. The van der Waals surface area contributed by atoms with Gasteiger partial charge in [-0.15, -0.1) is 0 Å². The summed E-state index contributed by atoms with van der Waals surface area (Å²) >= 11 is 0. The zero-order valence-corrected chi connectivity index (χ0v) is 15.7. The molecule has 4 rings (SSSR count). The molecule has 2 aromatic heterocycles. The number of fused-ring (bicyclic) bond motifs is 1. The average Bonchev–Trinajstić information content (AvgIpc) is 3.07. The molecule has 1 aliphatic heterocycles. The first-order valence-corrected chi connectivity index (χ1v) is 9.24. The number of nitrogens with zero attached hydrogens (tertiary/aromatic N) is 3. The highest BCUT2D eigenvalue weighted by molar-refractivity contribution is 6.06. The Bertz CT molecular complexity index is 1100. The minimum atomic E-state index is -2.90. The van der Waals surface area contributed by atoms with Crippen molar-refractivity contribution in [1.82, 2.24) is 20.1 Å². The number of carbonyl (C=O) groups excluding carboxylic acids is 2. The topological polar surface area (TPSA) is 88.9 Å². The maximum Gasteiger partial charge on any atom is 0.281 e. The van der Waals surface area contributed by atoms with Gasteiger partial charge in [-0.25, -0.2) is 13.8 Å². The first-order chi connectivity index (χ1) is 13.9. The number of pyridine rings is 1. The van der Waals surface area contributed by atoms with E-state index in [0.717, 1.165) is 18.4 Å². The molecule has 150 valence electrons. The van der Waals surface area contributed by atoms with E-state index in [9.17, 15) is 18.4 Å². The van der Waals surface area contributed by atoms with E-state index in [1.807, 2.05) is 6.07 Å². The Balaban J connectivity index is 1.62. The normalized spacial score (nSPS) is 16.8. The summed E-state index contributed by atoms with van der Waals surface area (Å²) in [6.07, 6.45) is 0.586. The van der Waals surface area contributed by atoms with Gasteiger partial charge in [-0.3, -0.25) is 14.3 Å². The molecule has 1 aliphatic rings. The monoisotopic (exact) mass is 399 g/mol. The van der Waals surface area contributed by atoms with Crippen LogP contribution in [-0.4, -0.2) is 26.6 Å². The standard InChI is InChI=1S/C20H19F2N5O2/c1-27-16-9-13(18(19(21)22)26-15(16)10-23-27)20(29)24-12-5-2-4-11(8-12)14-6-3-7-17(28)25-14/h2,4-5,8-10,14,19H,3,6-7H2,1H3,(H,24,29)(H,25,28). The van der Waals surface area contributed by atoms with Gasteiger partial charge < -0.3 is 10.6 Å². The summed E-state index contributed by atoms with van der Waals surface area (Å²) in [6.45, 7) is 0. The molecule has 0 bridgehead atoms.